The molecule has 0 saturated heterocycles. The van der Waals surface area contributed by atoms with Crippen LogP contribution in [-0.4, -0.2) is 11.1 Å². The minimum atomic E-state index is -1.08. The van der Waals surface area contributed by atoms with Crippen LogP contribution < -0.4 is 5.32 Å². The van der Waals surface area contributed by atoms with Crippen LogP contribution >= 0.6 is 11.6 Å². The van der Waals surface area contributed by atoms with Gasteiger partial charge in [0.25, 0.3) is 0 Å². The molecule has 0 fully saturated rings. The molecule has 0 heterocycles. The number of carboxylic acid groups (broad SMARTS) is 1. The van der Waals surface area contributed by atoms with Crippen molar-refractivity contribution in [3.8, 4) is 0 Å². The third kappa shape index (κ3) is 3.03. The summed E-state index contributed by atoms with van der Waals surface area (Å²) < 4.78 is 13.6. The van der Waals surface area contributed by atoms with Gasteiger partial charge in [0.05, 0.1) is 16.9 Å². The van der Waals surface area contributed by atoms with Crippen molar-refractivity contribution in [3.05, 3.63) is 58.4 Å². The summed E-state index contributed by atoms with van der Waals surface area (Å²) in [5.74, 6) is -1.57. The number of nitrogens with one attached hydrogen (secondary N) is 1. The van der Waals surface area contributed by atoms with Gasteiger partial charge in [0.2, 0.25) is 0 Å². The maximum atomic E-state index is 13.6. The number of aromatic carboxylic acids is 1. The van der Waals surface area contributed by atoms with Crippen molar-refractivity contribution < 1.29 is 14.3 Å². The first-order valence-electron chi connectivity index (χ1n) is 5.53. The molecule has 19 heavy (non-hydrogen) atoms. The van der Waals surface area contributed by atoms with E-state index in [4.69, 9.17) is 16.7 Å². The van der Waals surface area contributed by atoms with Crippen LogP contribution in [0.3, 0.4) is 0 Å². The van der Waals surface area contributed by atoms with E-state index in [0.29, 0.717) is 10.7 Å². The molecular formula is C14H11ClFNO2. The van der Waals surface area contributed by atoms with Crippen LogP contribution in [0, 0.1) is 12.7 Å². The largest absolute Gasteiger partial charge is 0.478 e. The highest BCUT2D eigenvalue weighted by Gasteiger charge is 2.12. The molecule has 2 aromatic rings. The number of carboxylic acids is 1. The fourth-order valence-corrected chi connectivity index (χ4v) is 1.85. The zero-order chi connectivity index (χ0) is 14.0. The maximum Gasteiger partial charge on any atom is 0.337 e. The number of aryl methyl sites for hydroxylation is 1. The van der Waals surface area contributed by atoms with Gasteiger partial charge in [0.15, 0.2) is 0 Å². The summed E-state index contributed by atoms with van der Waals surface area (Å²) in [5.41, 5.74) is 1.35. The van der Waals surface area contributed by atoms with E-state index >= 15 is 0 Å². The molecule has 0 saturated carbocycles. The van der Waals surface area contributed by atoms with Crippen molar-refractivity contribution in [3.63, 3.8) is 0 Å². The molecular weight excluding hydrogens is 269 g/mol. The normalized spacial score (nSPS) is 10.3. The van der Waals surface area contributed by atoms with Crippen LogP contribution in [0.5, 0.6) is 0 Å². The number of rotatable bonds is 3. The quantitative estimate of drug-likeness (QED) is 0.884. The van der Waals surface area contributed by atoms with Gasteiger partial charge >= 0.3 is 5.97 Å². The molecule has 0 spiro atoms. The summed E-state index contributed by atoms with van der Waals surface area (Å²) in [4.78, 5) is 11.2. The van der Waals surface area contributed by atoms with E-state index in [0.717, 1.165) is 5.56 Å². The monoisotopic (exact) mass is 279 g/mol. The topological polar surface area (TPSA) is 49.3 Å². The highest BCUT2D eigenvalue weighted by Crippen LogP contribution is 2.26. The minimum absolute atomic E-state index is 0.0828. The Balaban J connectivity index is 2.43. The van der Waals surface area contributed by atoms with Gasteiger partial charge in [-0.1, -0.05) is 23.2 Å². The molecule has 0 unspecified atom stereocenters. The number of hydrogen-bond donors (Lipinski definition) is 2. The average Bonchev–Trinajstić information content (AvgIpc) is 2.35. The van der Waals surface area contributed by atoms with Crippen molar-refractivity contribution in [2.75, 3.05) is 5.32 Å². The second-order valence-corrected chi connectivity index (χ2v) is 4.54. The molecule has 0 aliphatic rings. The van der Waals surface area contributed by atoms with Gasteiger partial charge in [-0.3, -0.25) is 0 Å². The summed E-state index contributed by atoms with van der Waals surface area (Å²) in [6.07, 6.45) is 0. The Hall–Kier alpha value is -2.07. The first kappa shape index (κ1) is 13.4. The predicted molar refractivity (Wildman–Crippen MR) is 72.8 cm³/mol. The zero-order valence-corrected chi connectivity index (χ0v) is 10.8. The van der Waals surface area contributed by atoms with Gasteiger partial charge in [0, 0.05) is 5.02 Å². The van der Waals surface area contributed by atoms with Crippen molar-refractivity contribution in [1.29, 1.82) is 0 Å². The average molecular weight is 280 g/mol. The smallest absolute Gasteiger partial charge is 0.337 e. The molecule has 0 radical (unpaired) electrons. The molecule has 0 atom stereocenters. The highest BCUT2D eigenvalue weighted by atomic mass is 35.5. The van der Waals surface area contributed by atoms with Crippen molar-refractivity contribution >= 4 is 28.9 Å². The molecule has 0 aromatic heterocycles. The molecule has 0 bridgehead atoms. The Morgan fingerprint density at radius 3 is 2.63 bits per heavy atom. The van der Waals surface area contributed by atoms with Crippen LogP contribution in [0.15, 0.2) is 36.4 Å². The third-order valence-corrected chi connectivity index (χ3v) is 2.84. The molecule has 3 nitrogen and oxygen atoms in total. The van der Waals surface area contributed by atoms with E-state index in [-0.39, 0.29) is 11.3 Å². The van der Waals surface area contributed by atoms with E-state index in [2.05, 4.69) is 5.32 Å². The highest BCUT2D eigenvalue weighted by molar-refractivity contribution is 6.30. The predicted octanol–water partition coefficient (Wildman–Crippen LogP) is 4.23. The van der Waals surface area contributed by atoms with Crippen molar-refractivity contribution in [2.24, 2.45) is 0 Å². The first-order chi connectivity index (χ1) is 8.97. The van der Waals surface area contributed by atoms with Crippen LogP contribution in [0.2, 0.25) is 5.02 Å². The van der Waals surface area contributed by atoms with E-state index in [9.17, 15) is 9.18 Å². The molecule has 0 amide bonds. The maximum absolute atomic E-state index is 13.6. The standard InChI is InChI=1S/C14H11ClFNO2/c1-8-2-5-12(10(6-8)14(18)19)17-13-7-9(15)3-4-11(13)16/h2-7,17H,1H3,(H,18,19). The summed E-state index contributed by atoms with van der Waals surface area (Å²) >= 11 is 5.79. The second kappa shape index (κ2) is 5.28. The molecule has 0 aliphatic carbocycles. The Labute approximate surface area is 114 Å². The summed E-state index contributed by atoms with van der Waals surface area (Å²) in [6, 6.07) is 8.92. The number of carbonyl (C=O) groups is 1. The molecule has 2 rings (SSSR count). The number of benzene rings is 2. The number of hydrogen-bond acceptors (Lipinski definition) is 2. The van der Waals surface area contributed by atoms with Crippen LogP contribution in [0.1, 0.15) is 15.9 Å². The first-order valence-corrected chi connectivity index (χ1v) is 5.91. The van der Waals surface area contributed by atoms with E-state index < -0.39 is 11.8 Å². The van der Waals surface area contributed by atoms with Crippen LogP contribution in [-0.2, 0) is 0 Å². The number of anilines is 2. The third-order valence-electron chi connectivity index (χ3n) is 2.60. The lowest BCUT2D eigenvalue weighted by molar-refractivity contribution is 0.0698. The fourth-order valence-electron chi connectivity index (χ4n) is 1.68. The van der Waals surface area contributed by atoms with Gasteiger partial charge in [0.1, 0.15) is 5.82 Å². The van der Waals surface area contributed by atoms with Gasteiger partial charge in [-0.25, -0.2) is 9.18 Å². The minimum Gasteiger partial charge on any atom is -0.478 e. The molecule has 2 aromatic carbocycles. The number of halogens is 2. The second-order valence-electron chi connectivity index (χ2n) is 4.10. The summed E-state index contributed by atoms with van der Waals surface area (Å²) in [6.45, 7) is 1.79. The van der Waals surface area contributed by atoms with Crippen LogP contribution in [0.25, 0.3) is 0 Å². The van der Waals surface area contributed by atoms with E-state index in [1.54, 1.807) is 19.1 Å². The Morgan fingerprint density at radius 2 is 1.95 bits per heavy atom. The lowest BCUT2D eigenvalue weighted by Gasteiger charge is -2.11. The Kier molecular flexibility index (Phi) is 3.71. The molecule has 0 aliphatic heterocycles. The summed E-state index contributed by atoms with van der Waals surface area (Å²) in [7, 11) is 0. The molecule has 5 heteroatoms. The molecule has 98 valence electrons. The van der Waals surface area contributed by atoms with Gasteiger partial charge < -0.3 is 10.4 Å². The summed E-state index contributed by atoms with van der Waals surface area (Å²) in [5, 5.41) is 12.3. The van der Waals surface area contributed by atoms with Crippen molar-refractivity contribution in [2.45, 2.75) is 6.92 Å². The van der Waals surface area contributed by atoms with Crippen molar-refractivity contribution in [1.82, 2.24) is 0 Å². The van der Waals surface area contributed by atoms with Gasteiger partial charge in [-0.2, -0.15) is 0 Å². The van der Waals surface area contributed by atoms with E-state index in [1.165, 1.54) is 24.3 Å². The van der Waals surface area contributed by atoms with Gasteiger partial charge in [-0.15, -0.1) is 0 Å². The molecule has 2 N–H and O–H groups in total. The Morgan fingerprint density at radius 1 is 1.21 bits per heavy atom. The zero-order valence-electron chi connectivity index (χ0n) is 10.1. The van der Waals surface area contributed by atoms with E-state index in [1.807, 2.05) is 0 Å². The lowest BCUT2D eigenvalue weighted by atomic mass is 10.1. The lowest BCUT2D eigenvalue weighted by Crippen LogP contribution is -2.04. The SMILES string of the molecule is Cc1ccc(Nc2cc(Cl)ccc2F)c(C(=O)O)c1. The van der Waals surface area contributed by atoms with Gasteiger partial charge in [-0.05, 0) is 37.3 Å². The van der Waals surface area contributed by atoms with Crippen LogP contribution in [0.4, 0.5) is 15.8 Å². The fraction of sp³-hybridized carbons (Fsp3) is 0.0714. The Bertz CT molecular complexity index is 643.